The zero-order valence-electron chi connectivity index (χ0n) is 11.7. The van der Waals surface area contributed by atoms with Crippen molar-refractivity contribution in [2.24, 2.45) is 5.41 Å². The average molecular weight is 277 g/mol. The molecule has 2 aliphatic heterocycles. The van der Waals surface area contributed by atoms with Crippen LogP contribution in [0.3, 0.4) is 0 Å². The summed E-state index contributed by atoms with van der Waals surface area (Å²) in [7, 11) is 0. The second kappa shape index (κ2) is 5.66. The lowest BCUT2D eigenvalue weighted by Gasteiger charge is -2.33. The lowest BCUT2D eigenvalue weighted by atomic mass is 9.85. The van der Waals surface area contributed by atoms with Gasteiger partial charge in [0, 0.05) is 23.7 Å². The van der Waals surface area contributed by atoms with E-state index in [-0.39, 0.29) is 0 Å². The Hall–Kier alpha value is -0.830. The summed E-state index contributed by atoms with van der Waals surface area (Å²) >= 11 is 2.07. The van der Waals surface area contributed by atoms with Gasteiger partial charge in [-0.15, -0.1) is 0 Å². The van der Waals surface area contributed by atoms with Crippen LogP contribution in [-0.4, -0.2) is 24.7 Å². The minimum atomic E-state index is 0.370. The van der Waals surface area contributed by atoms with Gasteiger partial charge in [-0.1, -0.05) is 13.0 Å². The predicted octanol–water partition coefficient (Wildman–Crippen LogP) is 3.96. The van der Waals surface area contributed by atoms with E-state index in [1.807, 2.05) is 0 Å². The third-order valence-electron chi connectivity index (χ3n) is 4.31. The molecular formula is C16H23NOS. The van der Waals surface area contributed by atoms with E-state index in [0.29, 0.717) is 5.41 Å². The topological polar surface area (TPSA) is 21.3 Å². The van der Waals surface area contributed by atoms with E-state index in [4.69, 9.17) is 4.74 Å². The molecule has 104 valence electrons. The monoisotopic (exact) mass is 277 g/mol. The number of thioether (sulfide) groups is 1. The van der Waals surface area contributed by atoms with Gasteiger partial charge in [0.2, 0.25) is 0 Å². The van der Waals surface area contributed by atoms with Crippen LogP contribution in [0.25, 0.3) is 0 Å². The molecule has 0 bridgehead atoms. The summed E-state index contributed by atoms with van der Waals surface area (Å²) in [5.41, 5.74) is 3.07. The molecule has 1 fully saturated rings. The predicted molar refractivity (Wildman–Crippen MR) is 83.4 cm³/mol. The highest BCUT2D eigenvalue weighted by atomic mass is 32.2. The van der Waals surface area contributed by atoms with Crippen molar-refractivity contribution < 1.29 is 4.74 Å². The molecule has 1 aromatic carbocycles. The molecule has 2 nitrogen and oxygen atoms in total. The maximum absolute atomic E-state index is 6.07. The summed E-state index contributed by atoms with van der Waals surface area (Å²) in [6, 6.07) is 6.53. The van der Waals surface area contributed by atoms with Crippen LogP contribution >= 0.6 is 11.8 Å². The quantitative estimate of drug-likeness (QED) is 0.903. The smallest absolute Gasteiger partial charge is 0.121 e. The second-order valence-corrected chi connectivity index (χ2v) is 7.29. The van der Waals surface area contributed by atoms with Crippen LogP contribution in [0.2, 0.25) is 0 Å². The van der Waals surface area contributed by atoms with Crippen LogP contribution in [0.5, 0.6) is 5.75 Å². The maximum Gasteiger partial charge on any atom is 0.121 e. The summed E-state index contributed by atoms with van der Waals surface area (Å²) in [6.45, 7) is 4.31. The van der Waals surface area contributed by atoms with Crippen LogP contribution < -0.4 is 10.1 Å². The van der Waals surface area contributed by atoms with Crippen molar-refractivity contribution in [2.75, 3.05) is 30.0 Å². The number of hydrogen-bond acceptors (Lipinski definition) is 3. The molecule has 0 aromatic heterocycles. The molecule has 2 aliphatic rings. The first-order chi connectivity index (χ1) is 9.25. The molecule has 0 spiro atoms. The normalized spacial score (nSPS) is 21.3. The summed E-state index contributed by atoms with van der Waals surface area (Å²) in [6.07, 6.45) is 4.99. The third kappa shape index (κ3) is 3.19. The van der Waals surface area contributed by atoms with Gasteiger partial charge in [-0.05, 0) is 48.8 Å². The average Bonchev–Trinajstić information content (AvgIpc) is 2.46. The third-order valence-corrected chi connectivity index (χ3v) is 5.29. The van der Waals surface area contributed by atoms with Gasteiger partial charge in [0.1, 0.15) is 5.75 Å². The maximum atomic E-state index is 6.07. The minimum Gasteiger partial charge on any atom is -0.493 e. The van der Waals surface area contributed by atoms with Crippen molar-refractivity contribution in [1.29, 1.82) is 0 Å². The van der Waals surface area contributed by atoms with Gasteiger partial charge in [0.05, 0.1) is 6.61 Å². The number of fused-ring (bicyclic) bond motifs is 1. The van der Waals surface area contributed by atoms with Gasteiger partial charge in [-0.3, -0.25) is 0 Å². The molecule has 0 unspecified atom stereocenters. The van der Waals surface area contributed by atoms with Gasteiger partial charge in [-0.25, -0.2) is 0 Å². The molecule has 1 N–H and O–H groups in total. The first kappa shape index (κ1) is 13.2. The highest BCUT2D eigenvalue weighted by Gasteiger charge is 2.28. The first-order valence-electron chi connectivity index (χ1n) is 7.33. The lowest BCUT2D eigenvalue weighted by molar-refractivity contribution is 0.151. The molecule has 1 saturated heterocycles. The number of aryl methyl sites for hydroxylation is 1. The van der Waals surface area contributed by atoms with Crippen LogP contribution in [0.15, 0.2) is 18.2 Å². The van der Waals surface area contributed by atoms with Gasteiger partial charge >= 0.3 is 0 Å². The Kier molecular flexibility index (Phi) is 3.92. The fourth-order valence-corrected chi connectivity index (χ4v) is 4.27. The second-order valence-electron chi connectivity index (χ2n) is 6.06. The Labute approximate surface area is 120 Å². The van der Waals surface area contributed by atoms with Gasteiger partial charge in [0.15, 0.2) is 0 Å². The number of hydrogen-bond donors (Lipinski definition) is 1. The number of rotatable bonds is 3. The lowest BCUT2D eigenvalue weighted by Crippen LogP contribution is -2.29. The molecule has 19 heavy (non-hydrogen) atoms. The fraction of sp³-hybridized carbons (Fsp3) is 0.625. The largest absolute Gasteiger partial charge is 0.493 e. The summed E-state index contributed by atoms with van der Waals surface area (Å²) < 4.78 is 6.07. The van der Waals surface area contributed by atoms with Crippen molar-refractivity contribution in [3.05, 3.63) is 23.8 Å². The van der Waals surface area contributed by atoms with E-state index >= 15 is 0 Å². The molecule has 0 atom stereocenters. The fourth-order valence-electron chi connectivity index (χ4n) is 2.80. The van der Waals surface area contributed by atoms with Gasteiger partial charge < -0.3 is 10.1 Å². The molecule has 1 aromatic rings. The van der Waals surface area contributed by atoms with Crippen LogP contribution in [0, 0.1) is 5.41 Å². The number of anilines is 1. The number of nitrogens with one attached hydrogen (secondary N) is 1. The SMILES string of the molecule is CC1(COc2ccc3c(c2)NCCC3)CCSCC1. The Bertz CT molecular complexity index is 440. The van der Waals surface area contributed by atoms with E-state index in [1.165, 1.54) is 48.4 Å². The van der Waals surface area contributed by atoms with Gasteiger partial charge in [-0.2, -0.15) is 11.8 Å². The van der Waals surface area contributed by atoms with Gasteiger partial charge in [0.25, 0.3) is 0 Å². The molecule has 0 radical (unpaired) electrons. The number of benzene rings is 1. The van der Waals surface area contributed by atoms with Crippen LogP contribution in [-0.2, 0) is 6.42 Å². The standard InChI is InChI=1S/C16H23NOS/c1-16(6-9-19-10-7-16)12-18-14-5-4-13-3-2-8-17-15(13)11-14/h4-5,11,17H,2-3,6-10,12H2,1H3. The molecule has 0 aliphatic carbocycles. The molecule has 3 heteroatoms. The Morgan fingerprint density at radius 3 is 3.00 bits per heavy atom. The van der Waals surface area contributed by atoms with E-state index in [2.05, 4.69) is 42.2 Å². The van der Waals surface area contributed by atoms with E-state index in [1.54, 1.807) is 0 Å². The molecule has 0 amide bonds. The zero-order chi connectivity index (χ0) is 13.1. The summed E-state index contributed by atoms with van der Waals surface area (Å²) in [5.74, 6) is 3.59. The van der Waals surface area contributed by atoms with E-state index in [0.717, 1.165) is 18.9 Å². The molecular weight excluding hydrogens is 254 g/mol. The van der Waals surface area contributed by atoms with Crippen LogP contribution in [0.4, 0.5) is 5.69 Å². The summed E-state index contributed by atoms with van der Waals surface area (Å²) in [5, 5.41) is 3.47. The Morgan fingerprint density at radius 2 is 2.16 bits per heavy atom. The Morgan fingerprint density at radius 1 is 1.32 bits per heavy atom. The molecule has 0 saturated carbocycles. The van der Waals surface area contributed by atoms with Crippen molar-refractivity contribution in [1.82, 2.24) is 0 Å². The zero-order valence-corrected chi connectivity index (χ0v) is 12.5. The Balaban J connectivity index is 1.63. The minimum absolute atomic E-state index is 0.370. The van der Waals surface area contributed by atoms with Crippen molar-refractivity contribution in [3.8, 4) is 5.75 Å². The number of ether oxygens (including phenoxy) is 1. The highest BCUT2D eigenvalue weighted by molar-refractivity contribution is 7.99. The van der Waals surface area contributed by atoms with Crippen molar-refractivity contribution in [2.45, 2.75) is 32.6 Å². The first-order valence-corrected chi connectivity index (χ1v) is 8.48. The highest BCUT2D eigenvalue weighted by Crippen LogP contribution is 2.35. The molecule has 3 rings (SSSR count). The summed E-state index contributed by atoms with van der Waals surface area (Å²) in [4.78, 5) is 0. The van der Waals surface area contributed by atoms with Crippen molar-refractivity contribution >= 4 is 17.4 Å². The molecule has 2 heterocycles. The van der Waals surface area contributed by atoms with E-state index in [9.17, 15) is 0 Å². The van der Waals surface area contributed by atoms with Crippen LogP contribution in [0.1, 0.15) is 31.7 Å². The van der Waals surface area contributed by atoms with Crippen molar-refractivity contribution in [3.63, 3.8) is 0 Å². The van der Waals surface area contributed by atoms with E-state index < -0.39 is 0 Å².